The van der Waals surface area contributed by atoms with Crippen molar-refractivity contribution >= 4 is 53.9 Å². The first-order valence-corrected chi connectivity index (χ1v) is 12.9. The maximum Gasteiger partial charge on any atom is 0.305 e. The van der Waals surface area contributed by atoms with Crippen LogP contribution in [0.3, 0.4) is 0 Å². The number of carboxylic acid groups (broad SMARTS) is 1. The van der Waals surface area contributed by atoms with E-state index in [0.29, 0.717) is 37.8 Å². The van der Waals surface area contributed by atoms with Crippen molar-refractivity contribution in [2.45, 2.75) is 38.5 Å². The van der Waals surface area contributed by atoms with E-state index in [2.05, 4.69) is 36.1 Å². The zero-order chi connectivity index (χ0) is 28.8. The number of carbonyl (C=O) groups is 2. The lowest BCUT2D eigenvalue weighted by atomic mass is 10.2. The molecule has 0 amide bonds. The minimum absolute atomic E-state index is 0.0308. The normalized spacial score (nSPS) is 9.35. The van der Waals surface area contributed by atoms with Gasteiger partial charge in [0, 0.05) is 64.8 Å². The third-order valence-electron chi connectivity index (χ3n) is 3.90. The Bertz CT molecular complexity index is 992. The predicted molar refractivity (Wildman–Crippen MR) is 135 cm³/mol. The van der Waals surface area contributed by atoms with Crippen LogP contribution in [0, 0.1) is 20.2 Å². The molecule has 0 atom stereocenters. The molecule has 0 unspecified atom stereocenters. The summed E-state index contributed by atoms with van der Waals surface area (Å²) < 4.78 is 13.6. The van der Waals surface area contributed by atoms with Crippen LogP contribution in [0.5, 0.6) is 0 Å². The van der Waals surface area contributed by atoms with E-state index in [1.807, 2.05) is 0 Å². The fraction of sp³-hybridized carbons (Fsp3) is 0.400. The molecule has 0 spiro atoms. The highest BCUT2D eigenvalue weighted by Gasteiger charge is 2.07. The Hall–Kier alpha value is -3.27. The molecule has 2 aromatic rings. The molecule has 2 rings (SSSR count). The van der Waals surface area contributed by atoms with Crippen LogP contribution < -0.4 is 0 Å². The van der Waals surface area contributed by atoms with Crippen molar-refractivity contribution < 1.29 is 38.6 Å². The van der Waals surface area contributed by atoms with Gasteiger partial charge in [-0.25, -0.2) is 4.21 Å². The third-order valence-corrected chi connectivity index (χ3v) is 3.90. The van der Waals surface area contributed by atoms with E-state index in [9.17, 15) is 29.8 Å². The van der Waals surface area contributed by atoms with Gasteiger partial charge < -0.3 is 14.9 Å². The minimum atomic E-state index is -1.67. The van der Waals surface area contributed by atoms with Gasteiger partial charge in [0.15, 0.2) is 0 Å². The number of carboxylic acids is 1. The number of ether oxygens (including phenoxy) is 1. The van der Waals surface area contributed by atoms with Gasteiger partial charge in [0.2, 0.25) is 9.23 Å². The number of nitrogens with zero attached hydrogens (tertiary/aromatic N) is 4. The number of pyridine rings is 2. The number of aromatic nitrogens is 2. The molecule has 2 heterocycles. The number of nitro groups is 2. The van der Waals surface area contributed by atoms with Crippen LogP contribution in [0.1, 0.15) is 37.1 Å². The number of rotatable bonds is 10. The Balaban J connectivity index is 0. The summed E-state index contributed by atoms with van der Waals surface area (Å²) in [5.74, 6) is -1.11. The van der Waals surface area contributed by atoms with Crippen molar-refractivity contribution in [1.29, 1.82) is 0 Å². The van der Waals surface area contributed by atoms with Crippen molar-refractivity contribution in [3.05, 3.63) is 68.3 Å². The van der Waals surface area contributed by atoms with Gasteiger partial charge in [-0.3, -0.25) is 39.8 Å². The Morgan fingerprint density at radius 2 is 1.30 bits per heavy atom. The van der Waals surface area contributed by atoms with Gasteiger partial charge in [-0.2, -0.15) is 0 Å². The molecule has 0 bridgehead atoms. The van der Waals surface area contributed by atoms with Gasteiger partial charge in [0.1, 0.15) is 12.4 Å². The van der Waals surface area contributed by atoms with Crippen LogP contribution in [0.15, 0.2) is 36.7 Å². The van der Waals surface area contributed by atoms with E-state index in [4.69, 9.17) is 14.4 Å². The molecular weight excluding hydrogens is 559 g/mol. The van der Waals surface area contributed by atoms with Gasteiger partial charge >= 0.3 is 11.9 Å². The number of carbonyl (C=O) groups excluding carboxylic acids is 1. The molecule has 37 heavy (non-hydrogen) atoms. The monoisotopic (exact) mass is 584 g/mol. The smallest absolute Gasteiger partial charge is 0.305 e. The maximum atomic E-state index is 10.8. The Morgan fingerprint density at radius 1 is 0.919 bits per heavy atom. The number of aliphatic carboxylic acids is 1. The molecule has 0 aromatic carbocycles. The molecule has 2 N–H and O–H groups in total. The molecule has 0 fully saturated rings. The summed E-state index contributed by atoms with van der Waals surface area (Å²) in [6, 6.07) is 5.90. The minimum Gasteiger partial charge on any atom is -0.481 e. The molecule has 0 aliphatic carbocycles. The number of esters is 1. The zero-order valence-electron chi connectivity index (χ0n) is 19.8. The van der Waals surface area contributed by atoms with Crippen LogP contribution >= 0.6 is 21.4 Å². The highest BCUT2D eigenvalue weighted by Crippen LogP contribution is 2.11. The first kappa shape index (κ1) is 35.9. The summed E-state index contributed by atoms with van der Waals surface area (Å²) in [4.78, 5) is 48.5. The number of halogens is 2. The lowest BCUT2D eigenvalue weighted by molar-refractivity contribution is -0.385. The SMILES string of the molecule is CO.COC(=O)CCCc1ccc([N+](=O)[O-])cn1.O=C(O)CCCc1ccc([N+](=O)[O-])cn1.O=S(Cl)Cl. The van der Waals surface area contributed by atoms with Crippen LogP contribution in [0.4, 0.5) is 11.4 Å². The summed E-state index contributed by atoms with van der Waals surface area (Å²) in [5.41, 5.74) is 1.31. The second-order valence-electron chi connectivity index (χ2n) is 6.39. The molecule has 14 nitrogen and oxygen atoms in total. The Labute approximate surface area is 223 Å². The van der Waals surface area contributed by atoms with E-state index < -0.39 is 25.0 Å². The lowest BCUT2D eigenvalue weighted by Gasteiger charge is -1.99. The molecule has 17 heteroatoms. The Morgan fingerprint density at radius 3 is 1.57 bits per heavy atom. The number of aliphatic hydroxyl groups is 1. The average molecular weight is 585 g/mol. The zero-order valence-corrected chi connectivity index (χ0v) is 22.1. The number of aliphatic hydroxyl groups excluding tert-OH is 1. The first-order valence-electron chi connectivity index (χ1n) is 10.1. The quantitative estimate of drug-likeness (QED) is 0.177. The standard InChI is InChI=1S/C10H12N2O4.C9H10N2O4.CH4O.Cl2OS/c1-16-10(13)4-2-3-8-5-6-9(7-11-8)12(14)15;12-9(13)3-1-2-7-4-5-8(6-10-7)11(14)15;1-2;1-4(2)3/h5-7H,2-4H2,1H3;4-6H,1-3H2,(H,12,13);2H,1H3;. The van der Waals surface area contributed by atoms with Gasteiger partial charge in [-0.1, -0.05) is 0 Å². The average Bonchev–Trinajstić information content (AvgIpc) is 2.85. The van der Waals surface area contributed by atoms with E-state index in [-0.39, 0.29) is 23.8 Å². The second kappa shape index (κ2) is 22.0. The highest BCUT2D eigenvalue weighted by molar-refractivity contribution is 8.26. The molecule has 0 saturated carbocycles. The molecule has 2 aromatic heterocycles. The van der Waals surface area contributed by atoms with E-state index in [1.165, 1.54) is 31.6 Å². The van der Waals surface area contributed by atoms with Crippen molar-refractivity contribution in [1.82, 2.24) is 9.97 Å². The topological polar surface area (TPSA) is 213 Å². The van der Waals surface area contributed by atoms with E-state index >= 15 is 0 Å². The Kier molecular flexibility index (Phi) is 21.3. The lowest BCUT2D eigenvalue weighted by Crippen LogP contribution is -2.01. The molecule has 0 aliphatic heterocycles. The largest absolute Gasteiger partial charge is 0.481 e. The van der Waals surface area contributed by atoms with Crippen molar-refractivity contribution in [2.75, 3.05) is 14.2 Å². The van der Waals surface area contributed by atoms with Crippen LogP contribution in [-0.2, 0) is 36.4 Å². The molecule has 206 valence electrons. The van der Waals surface area contributed by atoms with Crippen LogP contribution in [-0.4, -0.2) is 60.4 Å². The summed E-state index contributed by atoms with van der Waals surface area (Å²) in [6.07, 6.45) is 5.03. The van der Waals surface area contributed by atoms with Crippen LogP contribution in [0.2, 0.25) is 0 Å². The number of hydrogen-bond acceptors (Lipinski definition) is 11. The van der Waals surface area contributed by atoms with Gasteiger partial charge in [-0.05, 0) is 37.8 Å². The van der Waals surface area contributed by atoms with E-state index in [0.717, 1.165) is 12.8 Å². The van der Waals surface area contributed by atoms with E-state index in [1.54, 1.807) is 12.1 Å². The predicted octanol–water partition coefficient (Wildman–Crippen LogP) is 3.53. The van der Waals surface area contributed by atoms with Gasteiger partial charge in [-0.15, -0.1) is 0 Å². The fourth-order valence-corrected chi connectivity index (χ4v) is 2.28. The van der Waals surface area contributed by atoms with Gasteiger partial charge in [0.25, 0.3) is 11.4 Å². The summed E-state index contributed by atoms with van der Waals surface area (Å²) in [6.45, 7) is 0. The van der Waals surface area contributed by atoms with Gasteiger partial charge in [0.05, 0.1) is 17.0 Å². The summed E-state index contributed by atoms with van der Waals surface area (Å²) in [7, 11) is 9.70. The second-order valence-corrected chi connectivity index (χ2v) is 8.92. The van der Waals surface area contributed by atoms with Crippen molar-refractivity contribution in [3.63, 3.8) is 0 Å². The highest BCUT2D eigenvalue weighted by atomic mass is 36.0. The molecule has 0 aliphatic rings. The molecular formula is C20H26Cl2N4O10S. The maximum absolute atomic E-state index is 10.8. The molecule has 0 radical (unpaired) electrons. The fourth-order valence-electron chi connectivity index (χ4n) is 2.28. The summed E-state index contributed by atoms with van der Waals surface area (Å²) in [5, 5.41) is 36.1. The third kappa shape index (κ3) is 20.6. The number of hydrogen-bond donors (Lipinski definition) is 2. The number of aryl methyl sites for hydroxylation is 2. The van der Waals surface area contributed by atoms with Crippen molar-refractivity contribution in [2.24, 2.45) is 0 Å². The number of methoxy groups -OCH3 is 1. The molecule has 0 saturated heterocycles. The summed E-state index contributed by atoms with van der Waals surface area (Å²) >= 11 is 0. The first-order chi connectivity index (χ1) is 17.5. The van der Waals surface area contributed by atoms with Crippen LogP contribution in [0.25, 0.3) is 0 Å². The van der Waals surface area contributed by atoms with Crippen molar-refractivity contribution in [3.8, 4) is 0 Å².